The van der Waals surface area contributed by atoms with Crippen molar-refractivity contribution in [1.29, 1.82) is 5.26 Å². The minimum Gasteiger partial charge on any atom is -0.448 e. The fourth-order valence-electron chi connectivity index (χ4n) is 1.54. The molecule has 0 bridgehead atoms. The summed E-state index contributed by atoms with van der Waals surface area (Å²) in [6.07, 6.45) is 1.36. The minimum absolute atomic E-state index is 0.107. The number of para-hydroxylation sites is 1. The molecule has 1 aromatic carbocycles. The lowest BCUT2D eigenvalue weighted by molar-refractivity contribution is -0.385. The first-order valence-electron chi connectivity index (χ1n) is 5.40. The maximum Gasteiger partial charge on any atom is 0.311 e. The van der Waals surface area contributed by atoms with Crippen molar-refractivity contribution in [3.63, 3.8) is 0 Å². The number of nitro groups is 1. The molecule has 0 radical (unpaired) electrons. The number of benzene rings is 1. The maximum absolute atomic E-state index is 10.9. The second-order valence-corrected chi connectivity index (χ2v) is 3.77. The number of nitro benzene ring substituents is 1. The van der Waals surface area contributed by atoms with Crippen LogP contribution in [0.15, 0.2) is 36.5 Å². The highest BCUT2D eigenvalue weighted by molar-refractivity contribution is 5.53. The summed E-state index contributed by atoms with van der Waals surface area (Å²) in [5.41, 5.74) is 0.801. The SMILES string of the molecule is Cc1cccc([N+](=O)[O-])c1Oc1ccc(C#N)nc1. The van der Waals surface area contributed by atoms with Gasteiger partial charge in [0.05, 0.1) is 11.1 Å². The summed E-state index contributed by atoms with van der Waals surface area (Å²) in [7, 11) is 0. The van der Waals surface area contributed by atoms with Gasteiger partial charge in [-0.25, -0.2) is 4.98 Å². The van der Waals surface area contributed by atoms with Gasteiger partial charge in [0.15, 0.2) is 0 Å². The van der Waals surface area contributed by atoms with Gasteiger partial charge in [0.2, 0.25) is 5.75 Å². The molecule has 0 aliphatic carbocycles. The van der Waals surface area contributed by atoms with E-state index in [1.54, 1.807) is 25.1 Å². The molecule has 94 valence electrons. The number of rotatable bonds is 3. The zero-order valence-corrected chi connectivity index (χ0v) is 10.0. The third-order valence-corrected chi connectivity index (χ3v) is 2.46. The van der Waals surface area contributed by atoms with Crippen LogP contribution >= 0.6 is 0 Å². The van der Waals surface area contributed by atoms with Crippen LogP contribution in [0.25, 0.3) is 0 Å². The molecule has 19 heavy (non-hydrogen) atoms. The van der Waals surface area contributed by atoms with Gasteiger partial charge in [-0.05, 0) is 24.6 Å². The molecule has 2 rings (SSSR count). The number of hydrogen-bond acceptors (Lipinski definition) is 5. The molecule has 6 nitrogen and oxygen atoms in total. The van der Waals surface area contributed by atoms with Gasteiger partial charge in [-0.3, -0.25) is 10.1 Å². The molecule has 6 heteroatoms. The van der Waals surface area contributed by atoms with Crippen molar-refractivity contribution in [2.24, 2.45) is 0 Å². The normalized spacial score (nSPS) is 9.68. The smallest absolute Gasteiger partial charge is 0.311 e. The van der Waals surface area contributed by atoms with Crippen LogP contribution in [0.1, 0.15) is 11.3 Å². The van der Waals surface area contributed by atoms with Gasteiger partial charge in [0.1, 0.15) is 17.5 Å². The average molecular weight is 255 g/mol. The third kappa shape index (κ3) is 2.66. The maximum atomic E-state index is 10.9. The Morgan fingerprint density at radius 2 is 2.16 bits per heavy atom. The first kappa shape index (κ1) is 12.5. The van der Waals surface area contributed by atoms with Crippen LogP contribution in [0.4, 0.5) is 5.69 Å². The molecule has 0 N–H and O–H groups in total. The minimum atomic E-state index is -0.501. The van der Waals surface area contributed by atoms with Gasteiger partial charge in [0, 0.05) is 6.07 Å². The van der Waals surface area contributed by atoms with E-state index in [1.165, 1.54) is 18.3 Å². The van der Waals surface area contributed by atoms with Crippen molar-refractivity contribution in [3.05, 3.63) is 57.9 Å². The lowest BCUT2D eigenvalue weighted by Gasteiger charge is -2.08. The number of hydrogen-bond donors (Lipinski definition) is 0. The summed E-state index contributed by atoms with van der Waals surface area (Å²) >= 11 is 0. The van der Waals surface area contributed by atoms with Crippen LogP contribution < -0.4 is 4.74 Å². The van der Waals surface area contributed by atoms with Gasteiger partial charge in [-0.1, -0.05) is 12.1 Å². The van der Waals surface area contributed by atoms with Crippen molar-refractivity contribution >= 4 is 5.69 Å². The summed E-state index contributed by atoms with van der Waals surface area (Å²) in [5.74, 6) is 0.524. The average Bonchev–Trinajstić information content (AvgIpc) is 2.41. The Morgan fingerprint density at radius 1 is 1.37 bits per heavy atom. The second-order valence-electron chi connectivity index (χ2n) is 3.77. The van der Waals surface area contributed by atoms with E-state index in [4.69, 9.17) is 10.00 Å². The van der Waals surface area contributed by atoms with E-state index in [1.807, 2.05) is 6.07 Å². The fraction of sp³-hybridized carbons (Fsp3) is 0.0769. The summed E-state index contributed by atoms with van der Waals surface area (Å²) in [5, 5.41) is 19.6. The molecule has 0 spiro atoms. The van der Waals surface area contributed by atoms with E-state index in [0.29, 0.717) is 11.3 Å². The van der Waals surface area contributed by atoms with E-state index in [-0.39, 0.29) is 17.1 Å². The molecule has 0 amide bonds. The summed E-state index contributed by atoms with van der Waals surface area (Å²) < 4.78 is 5.49. The fourth-order valence-corrected chi connectivity index (χ4v) is 1.54. The molecule has 0 unspecified atom stereocenters. The van der Waals surface area contributed by atoms with Crippen LogP contribution in [-0.2, 0) is 0 Å². The molecule has 0 fully saturated rings. The summed E-state index contributed by atoms with van der Waals surface area (Å²) in [4.78, 5) is 14.3. The number of ether oxygens (including phenoxy) is 1. The number of nitrogens with zero attached hydrogens (tertiary/aromatic N) is 3. The topological polar surface area (TPSA) is 89.0 Å². The molecule has 1 heterocycles. The Hall–Kier alpha value is -2.94. The lowest BCUT2D eigenvalue weighted by atomic mass is 10.2. The predicted molar refractivity (Wildman–Crippen MR) is 66.9 cm³/mol. The van der Waals surface area contributed by atoms with Crippen LogP contribution in [-0.4, -0.2) is 9.91 Å². The number of nitriles is 1. The number of aryl methyl sites for hydroxylation is 1. The van der Waals surface area contributed by atoms with Gasteiger partial charge in [0.25, 0.3) is 0 Å². The van der Waals surface area contributed by atoms with E-state index < -0.39 is 4.92 Å². The van der Waals surface area contributed by atoms with Crippen LogP contribution in [0.5, 0.6) is 11.5 Å². The Balaban J connectivity index is 2.37. The van der Waals surface area contributed by atoms with E-state index >= 15 is 0 Å². The van der Waals surface area contributed by atoms with E-state index in [2.05, 4.69) is 4.98 Å². The quantitative estimate of drug-likeness (QED) is 0.621. The largest absolute Gasteiger partial charge is 0.448 e. The van der Waals surface area contributed by atoms with Gasteiger partial charge in [-0.15, -0.1) is 0 Å². The molecule has 0 saturated heterocycles. The van der Waals surface area contributed by atoms with E-state index in [9.17, 15) is 10.1 Å². The first-order chi connectivity index (χ1) is 9.11. The van der Waals surface area contributed by atoms with Gasteiger partial charge < -0.3 is 4.74 Å². The molecular formula is C13H9N3O3. The first-order valence-corrected chi connectivity index (χ1v) is 5.40. The van der Waals surface area contributed by atoms with Crippen molar-refractivity contribution in [1.82, 2.24) is 4.98 Å². The van der Waals surface area contributed by atoms with Crippen LogP contribution in [0.3, 0.4) is 0 Å². The van der Waals surface area contributed by atoms with Crippen molar-refractivity contribution < 1.29 is 9.66 Å². The Morgan fingerprint density at radius 3 is 2.74 bits per heavy atom. The van der Waals surface area contributed by atoms with Crippen molar-refractivity contribution in [3.8, 4) is 17.6 Å². The second kappa shape index (κ2) is 5.14. The van der Waals surface area contributed by atoms with Crippen LogP contribution in [0, 0.1) is 28.4 Å². The summed E-state index contributed by atoms with van der Waals surface area (Å²) in [6, 6.07) is 9.60. The molecular weight excluding hydrogens is 246 g/mol. The number of aromatic nitrogens is 1. The van der Waals surface area contributed by atoms with Gasteiger partial charge >= 0.3 is 5.69 Å². The Labute approximate surface area is 109 Å². The lowest BCUT2D eigenvalue weighted by Crippen LogP contribution is -1.96. The van der Waals surface area contributed by atoms with Crippen molar-refractivity contribution in [2.75, 3.05) is 0 Å². The zero-order valence-electron chi connectivity index (χ0n) is 10.0. The third-order valence-electron chi connectivity index (χ3n) is 2.46. The Bertz CT molecular complexity index is 660. The highest BCUT2D eigenvalue weighted by Gasteiger charge is 2.17. The molecule has 0 aliphatic rings. The standard InChI is InChI=1S/C13H9N3O3/c1-9-3-2-4-12(16(17)18)13(9)19-11-6-5-10(7-14)15-8-11/h2-6,8H,1H3. The van der Waals surface area contributed by atoms with E-state index in [0.717, 1.165) is 0 Å². The van der Waals surface area contributed by atoms with Crippen molar-refractivity contribution in [2.45, 2.75) is 6.92 Å². The highest BCUT2D eigenvalue weighted by atomic mass is 16.6. The summed E-state index contributed by atoms with van der Waals surface area (Å²) in [6.45, 7) is 1.72. The molecule has 2 aromatic rings. The zero-order chi connectivity index (χ0) is 13.8. The monoisotopic (exact) mass is 255 g/mol. The molecule has 0 atom stereocenters. The van der Waals surface area contributed by atoms with Gasteiger partial charge in [-0.2, -0.15) is 5.26 Å². The molecule has 1 aromatic heterocycles. The highest BCUT2D eigenvalue weighted by Crippen LogP contribution is 2.33. The molecule has 0 saturated carbocycles. The molecule has 0 aliphatic heterocycles. The van der Waals surface area contributed by atoms with Crippen LogP contribution in [0.2, 0.25) is 0 Å². The predicted octanol–water partition coefficient (Wildman–Crippen LogP) is 2.96. The number of pyridine rings is 1. The Kier molecular flexibility index (Phi) is 3.39.